The predicted molar refractivity (Wildman–Crippen MR) is 79.6 cm³/mol. The molecule has 2 rings (SSSR count). The lowest BCUT2D eigenvalue weighted by atomic mass is 10.1. The van der Waals surface area contributed by atoms with E-state index in [2.05, 4.69) is 10.5 Å². The molecule has 1 amide bonds. The second-order valence-electron chi connectivity index (χ2n) is 4.66. The molecule has 0 bridgehead atoms. The molecule has 1 aromatic carbocycles. The number of methoxy groups -OCH3 is 2. The minimum absolute atomic E-state index is 0.0825. The summed E-state index contributed by atoms with van der Waals surface area (Å²) in [7, 11) is 2.93. The Morgan fingerprint density at radius 2 is 2.00 bits per heavy atom. The Hall–Kier alpha value is -2.90. The molecule has 122 valence electrons. The maximum atomic E-state index is 12.2. The fourth-order valence-corrected chi connectivity index (χ4v) is 1.94. The molecule has 0 radical (unpaired) electrons. The van der Waals surface area contributed by atoms with Crippen LogP contribution in [-0.4, -0.2) is 44.2 Å². The molecule has 8 nitrogen and oxygen atoms in total. The molecule has 1 aliphatic heterocycles. The fourth-order valence-electron chi connectivity index (χ4n) is 1.94. The summed E-state index contributed by atoms with van der Waals surface area (Å²) in [5, 5.41) is 3.61. The number of carbonyl (C=O) groups excluding carboxylic acids is 3. The van der Waals surface area contributed by atoms with Gasteiger partial charge in [0.1, 0.15) is 17.2 Å². The van der Waals surface area contributed by atoms with E-state index in [9.17, 15) is 14.4 Å². The van der Waals surface area contributed by atoms with E-state index < -0.39 is 18.4 Å². The number of hydrogen-bond acceptors (Lipinski definition) is 7. The van der Waals surface area contributed by atoms with Crippen molar-refractivity contribution < 1.29 is 28.6 Å². The molecule has 0 fully saturated rings. The molecule has 1 aliphatic rings. The van der Waals surface area contributed by atoms with E-state index in [1.807, 2.05) is 0 Å². The Morgan fingerprint density at radius 3 is 2.61 bits per heavy atom. The standard InChI is InChI=1S/C15H16N2O6/c1-21-9-3-4-10(13(7-9)22-2)12(18)8-23-15(20)11-5-6-14(19)17-16-11/h3-4,7H,5-6,8H2,1-2H3,(H,17,19). The van der Waals surface area contributed by atoms with E-state index in [4.69, 9.17) is 14.2 Å². The third-order valence-electron chi connectivity index (χ3n) is 3.18. The number of ketones is 1. The van der Waals surface area contributed by atoms with Crippen LogP contribution in [0, 0.1) is 0 Å². The number of benzene rings is 1. The monoisotopic (exact) mass is 320 g/mol. The summed E-state index contributed by atoms with van der Waals surface area (Å²) >= 11 is 0. The van der Waals surface area contributed by atoms with Gasteiger partial charge in [-0.25, -0.2) is 10.2 Å². The number of nitrogens with one attached hydrogen (secondary N) is 1. The van der Waals surface area contributed by atoms with Crippen molar-refractivity contribution in [3.05, 3.63) is 23.8 Å². The van der Waals surface area contributed by atoms with E-state index in [0.29, 0.717) is 11.5 Å². The Bertz CT molecular complexity index is 668. The average molecular weight is 320 g/mol. The molecule has 0 aromatic heterocycles. The van der Waals surface area contributed by atoms with Crippen LogP contribution in [0.5, 0.6) is 11.5 Å². The Morgan fingerprint density at radius 1 is 1.22 bits per heavy atom. The molecule has 23 heavy (non-hydrogen) atoms. The minimum Gasteiger partial charge on any atom is -0.497 e. The van der Waals surface area contributed by atoms with Crippen LogP contribution in [0.1, 0.15) is 23.2 Å². The average Bonchev–Trinajstić information content (AvgIpc) is 2.59. The number of Topliss-reactive ketones (excluding diaryl/α,β-unsaturated/α-hetero) is 1. The summed E-state index contributed by atoms with van der Waals surface area (Å²) in [6.07, 6.45) is 0.346. The molecule has 0 saturated carbocycles. The van der Waals surface area contributed by atoms with Crippen LogP contribution in [-0.2, 0) is 14.3 Å². The molecule has 1 aromatic rings. The van der Waals surface area contributed by atoms with Crippen molar-refractivity contribution in [1.29, 1.82) is 0 Å². The molecule has 0 unspecified atom stereocenters. The van der Waals surface area contributed by atoms with Crippen LogP contribution in [0.25, 0.3) is 0 Å². The lowest BCUT2D eigenvalue weighted by molar-refractivity contribution is -0.134. The van der Waals surface area contributed by atoms with Crippen LogP contribution in [0.15, 0.2) is 23.3 Å². The zero-order valence-corrected chi connectivity index (χ0v) is 12.8. The van der Waals surface area contributed by atoms with Gasteiger partial charge in [-0.3, -0.25) is 9.59 Å². The number of amides is 1. The van der Waals surface area contributed by atoms with Crippen LogP contribution in [0.3, 0.4) is 0 Å². The number of esters is 1. The van der Waals surface area contributed by atoms with Crippen LogP contribution < -0.4 is 14.9 Å². The van der Waals surface area contributed by atoms with Crippen LogP contribution >= 0.6 is 0 Å². The van der Waals surface area contributed by atoms with Gasteiger partial charge in [-0.1, -0.05) is 0 Å². The van der Waals surface area contributed by atoms with Gasteiger partial charge in [0.25, 0.3) is 0 Å². The van der Waals surface area contributed by atoms with Gasteiger partial charge in [-0.15, -0.1) is 0 Å². The first-order valence-corrected chi connectivity index (χ1v) is 6.83. The molecule has 1 N–H and O–H groups in total. The van der Waals surface area contributed by atoms with E-state index >= 15 is 0 Å². The fraction of sp³-hybridized carbons (Fsp3) is 0.333. The van der Waals surface area contributed by atoms with Crippen molar-refractivity contribution in [1.82, 2.24) is 5.43 Å². The maximum Gasteiger partial charge on any atom is 0.354 e. The lowest BCUT2D eigenvalue weighted by Crippen LogP contribution is -2.31. The van der Waals surface area contributed by atoms with Crippen molar-refractivity contribution in [2.75, 3.05) is 20.8 Å². The normalized spacial score (nSPS) is 13.7. The number of nitrogens with zero attached hydrogens (tertiary/aromatic N) is 1. The van der Waals surface area contributed by atoms with Gasteiger partial charge < -0.3 is 14.2 Å². The highest BCUT2D eigenvalue weighted by Gasteiger charge is 2.21. The zero-order chi connectivity index (χ0) is 16.8. The molecule has 8 heteroatoms. The summed E-state index contributed by atoms with van der Waals surface area (Å²) in [5.74, 6) is -0.542. The van der Waals surface area contributed by atoms with E-state index in [-0.39, 0.29) is 30.0 Å². The molecule has 1 heterocycles. The maximum absolute atomic E-state index is 12.2. The number of ether oxygens (including phenoxy) is 3. The van der Waals surface area contributed by atoms with Gasteiger partial charge in [0, 0.05) is 18.9 Å². The number of hydrazone groups is 1. The third kappa shape index (κ3) is 4.06. The van der Waals surface area contributed by atoms with Crippen molar-refractivity contribution in [3.8, 4) is 11.5 Å². The summed E-state index contributed by atoms with van der Waals surface area (Å²) < 4.78 is 15.1. The van der Waals surface area contributed by atoms with Gasteiger partial charge in [0.05, 0.1) is 19.8 Å². The number of rotatable bonds is 6. The van der Waals surface area contributed by atoms with Crippen molar-refractivity contribution in [2.45, 2.75) is 12.8 Å². The Labute approximate surface area is 132 Å². The number of carbonyl (C=O) groups is 3. The highest BCUT2D eigenvalue weighted by atomic mass is 16.5. The number of hydrogen-bond donors (Lipinski definition) is 1. The predicted octanol–water partition coefficient (Wildman–Crippen LogP) is 0.696. The zero-order valence-electron chi connectivity index (χ0n) is 12.8. The first-order chi connectivity index (χ1) is 11.0. The highest BCUT2D eigenvalue weighted by Crippen LogP contribution is 2.25. The SMILES string of the molecule is COc1ccc(C(=O)COC(=O)C2=NNC(=O)CC2)c(OC)c1. The van der Waals surface area contributed by atoms with E-state index in [1.165, 1.54) is 20.3 Å². The largest absolute Gasteiger partial charge is 0.497 e. The minimum atomic E-state index is -0.731. The smallest absolute Gasteiger partial charge is 0.354 e. The highest BCUT2D eigenvalue weighted by molar-refractivity contribution is 6.37. The second-order valence-corrected chi connectivity index (χ2v) is 4.66. The quantitative estimate of drug-likeness (QED) is 0.611. The van der Waals surface area contributed by atoms with Gasteiger partial charge in [-0.2, -0.15) is 5.10 Å². The second kappa shape index (κ2) is 7.39. The van der Waals surface area contributed by atoms with Gasteiger partial charge in [0.15, 0.2) is 6.61 Å². The van der Waals surface area contributed by atoms with Gasteiger partial charge in [0.2, 0.25) is 11.7 Å². The molecular formula is C15H16N2O6. The third-order valence-corrected chi connectivity index (χ3v) is 3.18. The molecular weight excluding hydrogens is 304 g/mol. The molecule has 0 spiro atoms. The summed E-state index contributed by atoms with van der Waals surface area (Å²) in [6, 6.07) is 4.71. The van der Waals surface area contributed by atoms with Crippen molar-refractivity contribution in [2.24, 2.45) is 5.10 Å². The van der Waals surface area contributed by atoms with Crippen molar-refractivity contribution in [3.63, 3.8) is 0 Å². The summed E-state index contributed by atoms with van der Waals surface area (Å²) in [4.78, 5) is 34.9. The van der Waals surface area contributed by atoms with Crippen LogP contribution in [0.4, 0.5) is 0 Å². The summed E-state index contributed by atoms with van der Waals surface area (Å²) in [6.45, 7) is -0.450. The van der Waals surface area contributed by atoms with E-state index in [1.54, 1.807) is 12.1 Å². The Kier molecular flexibility index (Phi) is 5.29. The van der Waals surface area contributed by atoms with E-state index in [0.717, 1.165) is 0 Å². The lowest BCUT2D eigenvalue weighted by Gasteiger charge is -2.12. The molecule has 0 saturated heterocycles. The molecule has 0 atom stereocenters. The Balaban J connectivity index is 1.99. The van der Waals surface area contributed by atoms with Gasteiger partial charge in [-0.05, 0) is 12.1 Å². The topological polar surface area (TPSA) is 103 Å². The first-order valence-electron chi connectivity index (χ1n) is 6.83. The molecule has 0 aliphatic carbocycles. The summed E-state index contributed by atoms with van der Waals surface area (Å²) in [5.41, 5.74) is 2.55. The van der Waals surface area contributed by atoms with Crippen LogP contribution in [0.2, 0.25) is 0 Å². The van der Waals surface area contributed by atoms with Crippen molar-refractivity contribution >= 4 is 23.4 Å². The first kappa shape index (κ1) is 16.5. The van der Waals surface area contributed by atoms with Gasteiger partial charge >= 0.3 is 5.97 Å².